The van der Waals surface area contributed by atoms with Gasteiger partial charge in [0.1, 0.15) is 5.52 Å². The molecule has 0 saturated heterocycles. The first kappa shape index (κ1) is 25.7. The zero-order valence-corrected chi connectivity index (χ0v) is 24.9. The Morgan fingerprint density at radius 1 is 0.404 bits per heavy atom. The smallest absolute Gasteiger partial charge is 0.240 e. The quantitative estimate of drug-likeness (QED) is 0.200. The number of aromatic nitrogens is 6. The number of nitrogens with zero attached hydrogens (tertiary/aromatic N) is 6. The van der Waals surface area contributed by atoms with E-state index in [0.29, 0.717) is 29.2 Å². The zero-order chi connectivity index (χ0) is 30.9. The van der Waals surface area contributed by atoms with Crippen LogP contribution in [0.1, 0.15) is 0 Å². The first-order chi connectivity index (χ1) is 23.3. The van der Waals surface area contributed by atoms with Crippen LogP contribution in [0.5, 0.6) is 0 Å². The molecule has 4 heterocycles. The summed E-state index contributed by atoms with van der Waals surface area (Å²) in [6.07, 6.45) is 0. The molecule has 0 aliphatic carbocycles. The fraction of sp³-hybridized carbons (Fsp3) is 0. The average Bonchev–Trinajstić information content (AvgIpc) is 3.82. The van der Waals surface area contributed by atoms with Gasteiger partial charge in [0.25, 0.3) is 0 Å². The lowest BCUT2D eigenvalue weighted by atomic mass is 10.2. The molecular formula is C40H24N6O. The maximum atomic E-state index is 6.46. The molecule has 0 bridgehead atoms. The van der Waals surface area contributed by atoms with E-state index in [1.54, 1.807) is 0 Å². The molecule has 0 saturated carbocycles. The molecule has 10 aromatic rings. The van der Waals surface area contributed by atoms with Crippen LogP contribution >= 0.6 is 0 Å². The van der Waals surface area contributed by atoms with E-state index in [9.17, 15) is 0 Å². The highest BCUT2D eigenvalue weighted by atomic mass is 16.3. The molecule has 0 radical (unpaired) electrons. The van der Waals surface area contributed by atoms with Gasteiger partial charge in [0.05, 0.1) is 27.6 Å². The van der Waals surface area contributed by atoms with Crippen molar-refractivity contribution in [2.75, 3.05) is 0 Å². The Morgan fingerprint density at radius 2 is 0.872 bits per heavy atom. The minimum absolute atomic E-state index is 0.495. The number of para-hydroxylation sites is 5. The number of oxazole rings is 1. The van der Waals surface area contributed by atoms with Gasteiger partial charge in [0.2, 0.25) is 17.8 Å². The van der Waals surface area contributed by atoms with E-state index in [1.165, 1.54) is 0 Å². The zero-order valence-electron chi connectivity index (χ0n) is 24.9. The molecule has 0 aliphatic rings. The van der Waals surface area contributed by atoms with E-state index in [0.717, 1.165) is 60.3 Å². The van der Waals surface area contributed by atoms with Crippen LogP contribution in [-0.4, -0.2) is 29.1 Å². The number of hydrogen-bond acceptors (Lipinski definition) is 5. The van der Waals surface area contributed by atoms with Gasteiger partial charge < -0.3 is 4.42 Å². The molecule has 7 nitrogen and oxygen atoms in total. The Hall–Kier alpha value is -6.60. The Labute approximate surface area is 268 Å². The van der Waals surface area contributed by atoms with Crippen molar-refractivity contribution < 1.29 is 4.42 Å². The second-order valence-corrected chi connectivity index (χ2v) is 11.5. The summed E-state index contributed by atoms with van der Waals surface area (Å²) in [5.41, 5.74) is 7.07. The largest absolute Gasteiger partial charge is 0.435 e. The van der Waals surface area contributed by atoms with Crippen LogP contribution in [0.15, 0.2) is 150 Å². The van der Waals surface area contributed by atoms with Crippen molar-refractivity contribution in [2.45, 2.75) is 0 Å². The van der Waals surface area contributed by atoms with Crippen molar-refractivity contribution in [1.82, 2.24) is 29.1 Å². The van der Waals surface area contributed by atoms with Gasteiger partial charge in [-0.05, 0) is 48.5 Å². The molecule has 0 aliphatic heterocycles. The summed E-state index contributed by atoms with van der Waals surface area (Å²) in [5, 5.41) is 4.53. The molecule has 0 unspecified atom stereocenters. The molecular weight excluding hydrogens is 580 g/mol. The summed E-state index contributed by atoms with van der Waals surface area (Å²) in [4.78, 5) is 20.4. The SMILES string of the molecule is c1ccc(-c2nc3cccc(-c4nc(-n5c6ccccc6c6ccccc65)nc(-n5c6ccccc6c6ccccc65)n4)c3o2)cc1. The van der Waals surface area contributed by atoms with Crippen LogP contribution in [0.4, 0.5) is 0 Å². The maximum absolute atomic E-state index is 6.46. The molecule has 0 atom stereocenters. The molecule has 4 aromatic heterocycles. The van der Waals surface area contributed by atoms with Crippen LogP contribution in [-0.2, 0) is 0 Å². The van der Waals surface area contributed by atoms with Gasteiger partial charge in [-0.25, -0.2) is 4.98 Å². The highest BCUT2D eigenvalue weighted by molar-refractivity contribution is 6.10. The Morgan fingerprint density at radius 3 is 1.38 bits per heavy atom. The van der Waals surface area contributed by atoms with Gasteiger partial charge in [-0.15, -0.1) is 0 Å². The maximum Gasteiger partial charge on any atom is 0.240 e. The molecule has 0 amide bonds. The van der Waals surface area contributed by atoms with Gasteiger partial charge in [-0.2, -0.15) is 15.0 Å². The highest BCUT2D eigenvalue weighted by Crippen LogP contribution is 2.36. The summed E-state index contributed by atoms with van der Waals surface area (Å²) in [7, 11) is 0. The standard InChI is InChI=1S/C40H24N6O/c1-2-13-25(14-3-1)38-41-31-20-12-19-30(36(31)47-38)37-42-39(45-32-21-8-4-15-26(32)27-16-5-9-22-33(27)45)44-40(43-37)46-34-23-10-6-17-28(34)29-18-7-11-24-35(29)46/h1-24H. The second kappa shape index (κ2) is 9.95. The van der Waals surface area contributed by atoms with Crippen molar-refractivity contribution in [3.63, 3.8) is 0 Å². The van der Waals surface area contributed by atoms with Gasteiger partial charge in [-0.3, -0.25) is 9.13 Å². The van der Waals surface area contributed by atoms with E-state index in [4.69, 9.17) is 24.4 Å². The van der Waals surface area contributed by atoms with Crippen LogP contribution in [0.2, 0.25) is 0 Å². The van der Waals surface area contributed by atoms with Crippen LogP contribution in [0.25, 0.3) is 89.5 Å². The lowest BCUT2D eigenvalue weighted by Crippen LogP contribution is -2.10. The van der Waals surface area contributed by atoms with Crippen molar-refractivity contribution in [3.05, 3.63) is 146 Å². The third-order valence-corrected chi connectivity index (χ3v) is 8.85. The van der Waals surface area contributed by atoms with Crippen molar-refractivity contribution in [1.29, 1.82) is 0 Å². The van der Waals surface area contributed by atoms with E-state index in [1.807, 2.05) is 72.8 Å². The minimum Gasteiger partial charge on any atom is -0.435 e. The van der Waals surface area contributed by atoms with E-state index < -0.39 is 0 Å². The van der Waals surface area contributed by atoms with E-state index in [2.05, 4.69) is 81.9 Å². The van der Waals surface area contributed by atoms with Gasteiger partial charge in [-0.1, -0.05) is 97.1 Å². The normalized spacial score (nSPS) is 11.8. The Balaban J connectivity index is 1.31. The Bertz CT molecular complexity index is 2570. The van der Waals surface area contributed by atoms with Crippen LogP contribution in [0.3, 0.4) is 0 Å². The van der Waals surface area contributed by atoms with Crippen LogP contribution in [0, 0.1) is 0 Å². The highest BCUT2D eigenvalue weighted by Gasteiger charge is 2.22. The summed E-state index contributed by atoms with van der Waals surface area (Å²) in [6, 6.07) is 49.3. The first-order valence-corrected chi connectivity index (χ1v) is 15.5. The summed E-state index contributed by atoms with van der Waals surface area (Å²) in [5.74, 6) is 2.08. The van der Waals surface area contributed by atoms with Crippen molar-refractivity contribution in [3.8, 4) is 34.7 Å². The van der Waals surface area contributed by atoms with Gasteiger partial charge in [0.15, 0.2) is 11.4 Å². The summed E-state index contributed by atoms with van der Waals surface area (Å²) >= 11 is 0. The number of rotatable bonds is 4. The monoisotopic (exact) mass is 604 g/mol. The van der Waals surface area contributed by atoms with Gasteiger partial charge >= 0.3 is 0 Å². The fourth-order valence-electron chi connectivity index (χ4n) is 6.78. The third-order valence-electron chi connectivity index (χ3n) is 8.85. The fourth-order valence-corrected chi connectivity index (χ4v) is 6.78. The van der Waals surface area contributed by atoms with Gasteiger partial charge in [0, 0.05) is 27.1 Å². The molecule has 0 fully saturated rings. The topological polar surface area (TPSA) is 74.6 Å². The number of fused-ring (bicyclic) bond motifs is 7. The average molecular weight is 605 g/mol. The van der Waals surface area contributed by atoms with Crippen LogP contribution < -0.4 is 0 Å². The Kier molecular flexibility index (Phi) is 5.44. The summed E-state index contributed by atoms with van der Waals surface area (Å²) < 4.78 is 10.7. The molecule has 7 heteroatoms. The molecule has 220 valence electrons. The minimum atomic E-state index is 0.495. The summed E-state index contributed by atoms with van der Waals surface area (Å²) in [6.45, 7) is 0. The molecule has 47 heavy (non-hydrogen) atoms. The van der Waals surface area contributed by atoms with E-state index >= 15 is 0 Å². The van der Waals surface area contributed by atoms with E-state index in [-0.39, 0.29) is 0 Å². The molecule has 6 aromatic carbocycles. The molecule has 10 rings (SSSR count). The predicted octanol–water partition coefficient (Wildman–Crippen LogP) is 9.54. The second-order valence-electron chi connectivity index (χ2n) is 11.5. The number of benzene rings is 6. The van der Waals surface area contributed by atoms with Crippen molar-refractivity contribution >= 4 is 54.7 Å². The molecule has 0 spiro atoms. The predicted molar refractivity (Wildman–Crippen MR) is 187 cm³/mol. The third kappa shape index (κ3) is 3.87. The lowest BCUT2D eigenvalue weighted by molar-refractivity contribution is 0.620. The first-order valence-electron chi connectivity index (χ1n) is 15.5. The van der Waals surface area contributed by atoms with Crippen molar-refractivity contribution in [2.24, 2.45) is 0 Å². The lowest BCUT2D eigenvalue weighted by Gasteiger charge is -2.12. The molecule has 0 N–H and O–H groups in total. The number of hydrogen-bond donors (Lipinski definition) is 0.